The second-order valence-corrected chi connectivity index (χ2v) is 6.77. The Bertz CT molecular complexity index is 1230. The highest BCUT2D eigenvalue weighted by Gasteiger charge is 2.17. The summed E-state index contributed by atoms with van der Waals surface area (Å²) in [4.78, 5) is 22.1. The van der Waals surface area contributed by atoms with Crippen LogP contribution in [0.4, 0.5) is 4.39 Å². The summed E-state index contributed by atoms with van der Waals surface area (Å²) in [5.41, 5.74) is 8.40. The standard InChI is InChI=1S/C22H19FN4O/c1-13(24)20-9-15-5-3-8-19(16-11-25-14(2)26-12-16)21(15)22(28)27(20)18-7-4-6-17(23)10-18/h3-13H,24H2,1-2H3/t13-/m0/s1. The first-order chi connectivity index (χ1) is 13.5. The third kappa shape index (κ3) is 3.08. The van der Waals surface area contributed by atoms with E-state index in [-0.39, 0.29) is 5.56 Å². The molecular formula is C22H19FN4O. The first-order valence-electron chi connectivity index (χ1n) is 8.95. The largest absolute Gasteiger partial charge is 0.323 e. The predicted molar refractivity (Wildman–Crippen MR) is 108 cm³/mol. The minimum Gasteiger partial charge on any atom is -0.323 e. The van der Waals surface area contributed by atoms with Crippen LogP contribution in [0.15, 0.2) is 65.7 Å². The molecule has 0 aliphatic carbocycles. The number of nitrogens with zero attached hydrogens (tertiary/aromatic N) is 3. The highest BCUT2D eigenvalue weighted by Crippen LogP contribution is 2.28. The van der Waals surface area contributed by atoms with Crippen molar-refractivity contribution in [1.29, 1.82) is 0 Å². The number of halogens is 1. The average Bonchev–Trinajstić information content (AvgIpc) is 2.68. The fourth-order valence-corrected chi connectivity index (χ4v) is 3.37. The van der Waals surface area contributed by atoms with Gasteiger partial charge in [0.2, 0.25) is 0 Å². The SMILES string of the molecule is Cc1ncc(-c2cccc3cc([C@H](C)N)n(-c4cccc(F)c4)c(=O)c23)cn1. The summed E-state index contributed by atoms with van der Waals surface area (Å²) in [5, 5.41) is 1.28. The maximum atomic E-state index is 13.9. The number of benzene rings is 2. The van der Waals surface area contributed by atoms with E-state index in [1.807, 2.05) is 24.3 Å². The van der Waals surface area contributed by atoms with Crippen LogP contribution in [-0.4, -0.2) is 14.5 Å². The fraction of sp³-hybridized carbons (Fsp3) is 0.136. The molecule has 0 unspecified atom stereocenters. The molecule has 2 N–H and O–H groups in total. The van der Waals surface area contributed by atoms with Gasteiger partial charge < -0.3 is 5.73 Å². The van der Waals surface area contributed by atoms with E-state index >= 15 is 0 Å². The molecule has 2 aromatic carbocycles. The Hall–Kier alpha value is -3.38. The zero-order valence-electron chi connectivity index (χ0n) is 15.6. The first kappa shape index (κ1) is 18.0. The Morgan fingerprint density at radius 2 is 1.79 bits per heavy atom. The van der Waals surface area contributed by atoms with Crippen LogP contribution in [-0.2, 0) is 0 Å². The molecule has 0 bridgehead atoms. The third-order valence-corrected chi connectivity index (χ3v) is 4.70. The Balaban J connectivity index is 2.10. The van der Waals surface area contributed by atoms with E-state index in [2.05, 4.69) is 9.97 Å². The third-order valence-electron chi connectivity index (χ3n) is 4.70. The lowest BCUT2D eigenvalue weighted by molar-refractivity contribution is 0.625. The maximum absolute atomic E-state index is 13.9. The van der Waals surface area contributed by atoms with Crippen molar-refractivity contribution in [3.8, 4) is 16.8 Å². The molecule has 4 aromatic rings. The molecule has 0 spiro atoms. The van der Waals surface area contributed by atoms with Gasteiger partial charge in [-0.25, -0.2) is 14.4 Å². The van der Waals surface area contributed by atoms with Crippen molar-refractivity contribution in [3.05, 3.63) is 88.6 Å². The van der Waals surface area contributed by atoms with E-state index < -0.39 is 11.9 Å². The normalized spacial score (nSPS) is 12.3. The van der Waals surface area contributed by atoms with Gasteiger partial charge in [-0.2, -0.15) is 0 Å². The number of fused-ring (bicyclic) bond motifs is 1. The van der Waals surface area contributed by atoms with Gasteiger partial charge in [0, 0.05) is 29.7 Å². The van der Waals surface area contributed by atoms with Gasteiger partial charge in [-0.15, -0.1) is 0 Å². The summed E-state index contributed by atoms with van der Waals surface area (Å²) in [6, 6.07) is 13.0. The minimum absolute atomic E-state index is 0.258. The molecule has 0 aliphatic heterocycles. The number of pyridine rings is 1. The molecule has 5 nitrogen and oxygen atoms in total. The van der Waals surface area contributed by atoms with Crippen LogP contribution >= 0.6 is 0 Å². The Morgan fingerprint density at radius 3 is 2.46 bits per heavy atom. The number of nitrogens with two attached hydrogens (primary N) is 1. The molecule has 0 saturated carbocycles. The zero-order chi connectivity index (χ0) is 19.8. The van der Waals surface area contributed by atoms with Gasteiger partial charge in [0.1, 0.15) is 11.6 Å². The fourth-order valence-electron chi connectivity index (χ4n) is 3.37. The van der Waals surface area contributed by atoms with E-state index in [0.29, 0.717) is 22.6 Å². The van der Waals surface area contributed by atoms with Crippen LogP contribution in [0.1, 0.15) is 24.5 Å². The van der Waals surface area contributed by atoms with Gasteiger partial charge in [0.05, 0.1) is 11.1 Å². The van der Waals surface area contributed by atoms with Gasteiger partial charge in [0.15, 0.2) is 0 Å². The molecule has 1 atom stereocenters. The van der Waals surface area contributed by atoms with Gasteiger partial charge in [0.25, 0.3) is 5.56 Å². The van der Waals surface area contributed by atoms with Crippen LogP contribution in [0.2, 0.25) is 0 Å². The van der Waals surface area contributed by atoms with Crippen LogP contribution < -0.4 is 11.3 Å². The topological polar surface area (TPSA) is 73.8 Å². The van der Waals surface area contributed by atoms with Gasteiger partial charge in [-0.1, -0.05) is 24.3 Å². The molecule has 2 heterocycles. The monoisotopic (exact) mass is 374 g/mol. The number of aromatic nitrogens is 3. The quantitative estimate of drug-likeness (QED) is 0.590. The van der Waals surface area contributed by atoms with Crippen LogP contribution in [0.25, 0.3) is 27.6 Å². The van der Waals surface area contributed by atoms with E-state index in [1.54, 1.807) is 38.4 Å². The smallest absolute Gasteiger partial charge is 0.263 e. The second-order valence-electron chi connectivity index (χ2n) is 6.77. The molecule has 4 rings (SSSR count). The lowest BCUT2D eigenvalue weighted by atomic mass is 9.99. The number of aryl methyl sites for hydroxylation is 1. The van der Waals surface area contributed by atoms with Gasteiger partial charge in [-0.3, -0.25) is 9.36 Å². The minimum atomic E-state index is -0.416. The molecule has 6 heteroatoms. The predicted octanol–water partition coefficient (Wildman–Crippen LogP) is 3.91. The highest BCUT2D eigenvalue weighted by molar-refractivity contribution is 5.96. The number of rotatable bonds is 3. The van der Waals surface area contributed by atoms with Crippen LogP contribution in [0, 0.1) is 12.7 Å². The number of hydrogen-bond acceptors (Lipinski definition) is 4. The van der Waals surface area contributed by atoms with Crippen molar-refractivity contribution in [3.63, 3.8) is 0 Å². The van der Waals surface area contributed by atoms with E-state index in [9.17, 15) is 9.18 Å². The zero-order valence-corrected chi connectivity index (χ0v) is 15.6. The van der Waals surface area contributed by atoms with E-state index in [1.165, 1.54) is 16.7 Å². The second kappa shape index (κ2) is 6.98. The summed E-state index contributed by atoms with van der Waals surface area (Å²) in [7, 11) is 0. The molecule has 2 aromatic heterocycles. The lowest BCUT2D eigenvalue weighted by Gasteiger charge is -2.18. The van der Waals surface area contributed by atoms with Crippen molar-refractivity contribution in [2.24, 2.45) is 5.73 Å². The van der Waals surface area contributed by atoms with Crippen molar-refractivity contribution in [1.82, 2.24) is 14.5 Å². The molecule has 0 aliphatic rings. The van der Waals surface area contributed by atoms with Crippen LogP contribution in [0.3, 0.4) is 0 Å². The molecule has 140 valence electrons. The summed E-state index contributed by atoms with van der Waals surface area (Å²) >= 11 is 0. The summed E-state index contributed by atoms with van der Waals surface area (Å²) in [6.07, 6.45) is 3.39. The summed E-state index contributed by atoms with van der Waals surface area (Å²) in [5.74, 6) is 0.237. The molecular weight excluding hydrogens is 355 g/mol. The molecule has 0 radical (unpaired) electrons. The number of hydrogen-bond donors (Lipinski definition) is 1. The van der Waals surface area contributed by atoms with Crippen molar-refractivity contribution >= 4 is 10.8 Å². The average molecular weight is 374 g/mol. The molecule has 0 fully saturated rings. The Morgan fingerprint density at radius 1 is 1.07 bits per heavy atom. The van der Waals surface area contributed by atoms with Crippen molar-refractivity contribution in [2.45, 2.75) is 19.9 Å². The van der Waals surface area contributed by atoms with Gasteiger partial charge >= 0.3 is 0 Å². The lowest BCUT2D eigenvalue weighted by Crippen LogP contribution is -2.26. The van der Waals surface area contributed by atoms with Crippen LogP contribution in [0.5, 0.6) is 0 Å². The maximum Gasteiger partial charge on any atom is 0.263 e. The first-order valence-corrected chi connectivity index (χ1v) is 8.95. The van der Waals surface area contributed by atoms with Gasteiger partial charge in [-0.05, 0) is 49.1 Å². The summed E-state index contributed by atoms with van der Waals surface area (Å²) < 4.78 is 15.3. The Kier molecular flexibility index (Phi) is 4.49. The molecule has 0 saturated heterocycles. The van der Waals surface area contributed by atoms with E-state index in [0.717, 1.165) is 16.5 Å². The van der Waals surface area contributed by atoms with E-state index in [4.69, 9.17) is 5.73 Å². The summed E-state index contributed by atoms with van der Waals surface area (Å²) in [6.45, 7) is 3.60. The molecule has 28 heavy (non-hydrogen) atoms. The highest BCUT2D eigenvalue weighted by atomic mass is 19.1. The Labute approximate surface area is 161 Å². The van der Waals surface area contributed by atoms with Crippen molar-refractivity contribution < 1.29 is 4.39 Å². The molecule has 0 amide bonds. The van der Waals surface area contributed by atoms with Crippen molar-refractivity contribution in [2.75, 3.05) is 0 Å².